The molecule has 0 bridgehead atoms. The zero-order chi connectivity index (χ0) is 16.5. The number of benzene rings is 1. The molecule has 0 aliphatic heterocycles. The van der Waals surface area contributed by atoms with Crippen LogP contribution in [0.2, 0.25) is 0 Å². The third kappa shape index (κ3) is 4.99. The lowest BCUT2D eigenvalue weighted by Crippen LogP contribution is -2.34. The highest BCUT2D eigenvalue weighted by atomic mass is 16.5. The number of amides is 2. The molecule has 1 heterocycles. The van der Waals surface area contributed by atoms with Gasteiger partial charge in [0.15, 0.2) is 5.76 Å². The molecule has 0 atom stereocenters. The van der Waals surface area contributed by atoms with Gasteiger partial charge in [0.25, 0.3) is 11.8 Å². The van der Waals surface area contributed by atoms with Crippen LogP contribution in [0.4, 0.5) is 0 Å². The molecular formula is C16H17N3O4. The molecule has 0 aliphatic carbocycles. The fourth-order valence-corrected chi connectivity index (χ4v) is 1.74. The van der Waals surface area contributed by atoms with Gasteiger partial charge in [-0.2, -0.15) is 5.10 Å². The topological polar surface area (TPSA) is 92.9 Å². The van der Waals surface area contributed by atoms with Crippen LogP contribution in [-0.2, 0) is 4.79 Å². The average molecular weight is 315 g/mol. The Bertz CT molecular complexity index is 680. The van der Waals surface area contributed by atoms with E-state index in [1.165, 1.54) is 18.5 Å². The smallest absolute Gasteiger partial charge is 0.287 e. The SMILES string of the molecule is CCOc1ccccc1/C=N\NC(=O)CNC(=O)c1ccco1. The van der Waals surface area contributed by atoms with Crippen LogP contribution in [0.15, 0.2) is 52.2 Å². The summed E-state index contributed by atoms with van der Waals surface area (Å²) in [6, 6.07) is 10.4. The lowest BCUT2D eigenvalue weighted by molar-refractivity contribution is -0.120. The van der Waals surface area contributed by atoms with Crippen LogP contribution in [0.5, 0.6) is 5.75 Å². The number of carbonyl (C=O) groups is 2. The van der Waals surface area contributed by atoms with Gasteiger partial charge in [-0.05, 0) is 31.2 Å². The summed E-state index contributed by atoms with van der Waals surface area (Å²) in [6.45, 7) is 2.22. The van der Waals surface area contributed by atoms with E-state index in [9.17, 15) is 9.59 Å². The molecular weight excluding hydrogens is 298 g/mol. The van der Waals surface area contributed by atoms with Gasteiger partial charge in [-0.1, -0.05) is 12.1 Å². The third-order valence-corrected chi connectivity index (χ3v) is 2.77. The number of carbonyl (C=O) groups excluding carboxylic acids is 2. The van der Waals surface area contributed by atoms with E-state index in [-0.39, 0.29) is 12.3 Å². The van der Waals surface area contributed by atoms with Gasteiger partial charge in [0, 0.05) is 5.56 Å². The third-order valence-electron chi connectivity index (χ3n) is 2.77. The highest BCUT2D eigenvalue weighted by Crippen LogP contribution is 2.15. The molecule has 7 nitrogen and oxygen atoms in total. The Morgan fingerprint density at radius 3 is 2.83 bits per heavy atom. The molecule has 0 radical (unpaired) electrons. The van der Waals surface area contributed by atoms with Gasteiger partial charge in [-0.3, -0.25) is 9.59 Å². The fourth-order valence-electron chi connectivity index (χ4n) is 1.74. The number of ether oxygens (including phenoxy) is 1. The minimum absolute atomic E-state index is 0.145. The summed E-state index contributed by atoms with van der Waals surface area (Å²) in [5.41, 5.74) is 3.08. The Morgan fingerprint density at radius 2 is 2.09 bits per heavy atom. The quantitative estimate of drug-likeness (QED) is 0.599. The molecule has 0 spiro atoms. The number of para-hydroxylation sites is 1. The van der Waals surface area contributed by atoms with Crippen LogP contribution in [0.25, 0.3) is 0 Å². The Morgan fingerprint density at radius 1 is 1.26 bits per heavy atom. The lowest BCUT2D eigenvalue weighted by Gasteiger charge is -2.06. The first-order valence-electron chi connectivity index (χ1n) is 7.06. The number of hydrazone groups is 1. The largest absolute Gasteiger partial charge is 0.493 e. The molecule has 0 aliphatic rings. The highest BCUT2D eigenvalue weighted by Gasteiger charge is 2.09. The molecule has 0 fully saturated rings. The molecule has 2 aromatic rings. The summed E-state index contributed by atoms with van der Waals surface area (Å²) >= 11 is 0. The van der Waals surface area contributed by atoms with Crippen molar-refractivity contribution in [1.29, 1.82) is 0 Å². The van der Waals surface area contributed by atoms with E-state index < -0.39 is 11.8 Å². The first-order chi connectivity index (χ1) is 11.2. The summed E-state index contributed by atoms with van der Waals surface area (Å²) in [6.07, 6.45) is 2.87. The van der Waals surface area contributed by atoms with Gasteiger partial charge in [0.05, 0.1) is 25.6 Å². The van der Waals surface area contributed by atoms with Gasteiger partial charge in [0.2, 0.25) is 0 Å². The summed E-state index contributed by atoms with van der Waals surface area (Å²) in [4.78, 5) is 23.2. The number of furan rings is 1. The predicted octanol–water partition coefficient (Wildman–Crippen LogP) is 1.56. The normalized spacial score (nSPS) is 10.5. The summed E-state index contributed by atoms with van der Waals surface area (Å²) < 4.78 is 10.4. The number of hydrogen-bond acceptors (Lipinski definition) is 5. The first-order valence-corrected chi connectivity index (χ1v) is 7.06. The van der Waals surface area contributed by atoms with E-state index in [0.717, 1.165) is 5.56 Å². The molecule has 23 heavy (non-hydrogen) atoms. The monoisotopic (exact) mass is 315 g/mol. The van der Waals surface area contributed by atoms with Gasteiger partial charge < -0.3 is 14.5 Å². The molecule has 0 unspecified atom stereocenters. The molecule has 2 amide bonds. The van der Waals surface area contributed by atoms with E-state index in [1.807, 2.05) is 31.2 Å². The van der Waals surface area contributed by atoms with Crippen molar-refractivity contribution in [3.8, 4) is 5.75 Å². The van der Waals surface area contributed by atoms with Crippen molar-refractivity contribution < 1.29 is 18.7 Å². The van der Waals surface area contributed by atoms with Crippen molar-refractivity contribution in [3.05, 3.63) is 54.0 Å². The molecule has 7 heteroatoms. The molecule has 0 saturated carbocycles. The maximum atomic E-state index is 11.6. The summed E-state index contributed by atoms with van der Waals surface area (Å²) in [5.74, 6) is -0.0862. The van der Waals surface area contributed by atoms with Crippen LogP contribution in [0.3, 0.4) is 0 Å². The van der Waals surface area contributed by atoms with Gasteiger partial charge >= 0.3 is 0 Å². The van der Waals surface area contributed by atoms with E-state index in [4.69, 9.17) is 9.15 Å². The van der Waals surface area contributed by atoms with Crippen LogP contribution < -0.4 is 15.5 Å². The molecule has 1 aromatic carbocycles. The van der Waals surface area contributed by atoms with Crippen molar-refractivity contribution in [2.24, 2.45) is 5.10 Å². The van der Waals surface area contributed by atoms with E-state index in [0.29, 0.717) is 12.4 Å². The van der Waals surface area contributed by atoms with E-state index >= 15 is 0 Å². The Balaban J connectivity index is 1.81. The minimum atomic E-state index is -0.462. The predicted molar refractivity (Wildman–Crippen MR) is 84.4 cm³/mol. The summed E-state index contributed by atoms with van der Waals surface area (Å²) in [7, 11) is 0. The minimum Gasteiger partial charge on any atom is -0.493 e. The number of nitrogens with zero attached hydrogens (tertiary/aromatic N) is 1. The standard InChI is InChI=1S/C16H17N3O4/c1-2-22-13-7-4-3-6-12(13)10-18-19-15(20)11-17-16(21)14-8-5-9-23-14/h3-10H,2,11H2,1H3,(H,17,21)(H,19,20)/b18-10-. The Labute approximate surface area is 133 Å². The highest BCUT2D eigenvalue weighted by molar-refractivity contribution is 5.94. The van der Waals surface area contributed by atoms with Crippen molar-refractivity contribution >= 4 is 18.0 Å². The van der Waals surface area contributed by atoms with Gasteiger partial charge in [0.1, 0.15) is 5.75 Å². The van der Waals surface area contributed by atoms with Gasteiger partial charge in [-0.15, -0.1) is 0 Å². The van der Waals surface area contributed by atoms with E-state index in [2.05, 4.69) is 15.8 Å². The van der Waals surface area contributed by atoms with Crippen molar-refractivity contribution in [1.82, 2.24) is 10.7 Å². The van der Waals surface area contributed by atoms with Crippen LogP contribution in [0.1, 0.15) is 23.0 Å². The maximum absolute atomic E-state index is 11.6. The second-order valence-electron chi connectivity index (χ2n) is 4.42. The zero-order valence-corrected chi connectivity index (χ0v) is 12.6. The van der Waals surface area contributed by atoms with Crippen LogP contribution in [-0.4, -0.2) is 31.2 Å². The van der Waals surface area contributed by atoms with Crippen molar-refractivity contribution in [2.45, 2.75) is 6.92 Å². The number of rotatable bonds is 7. The van der Waals surface area contributed by atoms with Crippen molar-refractivity contribution in [2.75, 3.05) is 13.2 Å². The number of hydrogen-bond donors (Lipinski definition) is 2. The Hall–Kier alpha value is -3.09. The van der Waals surface area contributed by atoms with E-state index in [1.54, 1.807) is 6.07 Å². The first kappa shape index (κ1) is 16.3. The molecule has 2 rings (SSSR count). The fraction of sp³-hybridized carbons (Fsp3) is 0.188. The number of nitrogens with one attached hydrogen (secondary N) is 2. The molecule has 120 valence electrons. The molecule has 2 N–H and O–H groups in total. The second kappa shape index (κ2) is 8.38. The van der Waals surface area contributed by atoms with Crippen molar-refractivity contribution in [3.63, 3.8) is 0 Å². The van der Waals surface area contributed by atoms with Crippen LogP contribution in [0, 0.1) is 0 Å². The zero-order valence-electron chi connectivity index (χ0n) is 12.6. The van der Waals surface area contributed by atoms with Crippen LogP contribution >= 0.6 is 0 Å². The maximum Gasteiger partial charge on any atom is 0.287 e. The second-order valence-corrected chi connectivity index (χ2v) is 4.42. The Kier molecular flexibility index (Phi) is 5.93. The molecule has 0 saturated heterocycles. The average Bonchev–Trinajstić information content (AvgIpc) is 3.09. The molecule has 1 aromatic heterocycles. The van der Waals surface area contributed by atoms with Gasteiger partial charge in [-0.25, -0.2) is 5.43 Å². The summed E-state index contributed by atoms with van der Waals surface area (Å²) in [5, 5.41) is 6.27. The lowest BCUT2D eigenvalue weighted by atomic mass is 10.2.